The van der Waals surface area contributed by atoms with Gasteiger partial charge >= 0.3 is 0 Å². The zero-order valence-corrected chi connectivity index (χ0v) is 11.8. The summed E-state index contributed by atoms with van der Waals surface area (Å²) in [5, 5.41) is 0. The fourth-order valence-corrected chi connectivity index (χ4v) is 2.89. The molecular weight excluding hydrogens is 267 g/mol. The maximum absolute atomic E-state index is 13.3. The van der Waals surface area contributed by atoms with Crippen molar-refractivity contribution in [1.29, 1.82) is 0 Å². The van der Waals surface area contributed by atoms with Crippen molar-refractivity contribution in [3.63, 3.8) is 0 Å². The van der Waals surface area contributed by atoms with Crippen molar-refractivity contribution in [1.82, 2.24) is 4.57 Å². The molecule has 1 aliphatic rings. The standard InChI is InChI=1S/C17H19FN2O/c18-15-7-6-13(11-16(15)19)14(12-4-5-12)8-10-20-9-2-1-3-17(20)21/h1-3,6-7,9,11-12,14H,4-5,8,10,19H2. The minimum Gasteiger partial charge on any atom is -0.396 e. The topological polar surface area (TPSA) is 48.0 Å². The van der Waals surface area contributed by atoms with E-state index in [2.05, 4.69) is 0 Å². The van der Waals surface area contributed by atoms with Gasteiger partial charge in [-0.3, -0.25) is 4.79 Å². The van der Waals surface area contributed by atoms with Gasteiger partial charge in [-0.2, -0.15) is 0 Å². The average molecular weight is 286 g/mol. The van der Waals surface area contributed by atoms with E-state index in [9.17, 15) is 9.18 Å². The van der Waals surface area contributed by atoms with Crippen molar-refractivity contribution in [2.45, 2.75) is 31.7 Å². The minimum absolute atomic E-state index is 0.0191. The molecule has 1 aromatic heterocycles. The van der Waals surface area contributed by atoms with Gasteiger partial charge in [-0.25, -0.2) is 4.39 Å². The maximum Gasteiger partial charge on any atom is 0.250 e. The third-order valence-corrected chi connectivity index (χ3v) is 4.22. The molecule has 0 saturated heterocycles. The second-order valence-electron chi connectivity index (χ2n) is 5.75. The Labute approximate surface area is 123 Å². The van der Waals surface area contributed by atoms with Crippen LogP contribution in [0.2, 0.25) is 0 Å². The summed E-state index contributed by atoms with van der Waals surface area (Å²) >= 11 is 0. The van der Waals surface area contributed by atoms with E-state index in [4.69, 9.17) is 5.73 Å². The Morgan fingerprint density at radius 3 is 2.76 bits per heavy atom. The Bertz CT molecular complexity index is 691. The lowest BCUT2D eigenvalue weighted by molar-refractivity contribution is 0.496. The summed E-state index contributed by atoms with van der Waals surface area (Å²) in [6.07, 6.45) is 5.09. The van der Waals surface area contributed by atoms with Crippen LogP contribution in [-0.4, -0.2) is 4.57 Å². The van der Waals surface area contributed by atoms with Gasteiger partial charge in [0.2, 0.25) is 5.56 Å². The third-order valence-electron chi connectivity index (χ3n) is 4.22. The molecule has 1 heterocycles. The highest BCUT2D eigenvalue weighted by Gasteiger charge is 2.32. The molecule has 1 aliphatic carbocycles. The number of nitrogen functional groups attached to an aromatic ring is 1. The van der Waals surface area contributed by atoms with Crippen molar-refractivity contribution < 1.29 is 4.39 Å². The van der Waals surface area contributed by atoms with Crippen LogP contribution in [0.25, 0.3) is 0 Å². The van der Waals surface area contributed by atoms with E-state index in [1.165, 1.54) is 18.9 Å². The van der Waals surface area contributed by atoms with E-state index in [1.54, 1.807) is 22.8 Å². The molecule has 4 heteroatoms. The van der Waals surface area contributed by atoms with Crippen LogP contribution in [0.1, 0.15) is 30.7 Å². The van der Waals surface area contributed by atoms with Crippen molar-refractivity contribution >= 4 is 5.69 Å². The second-order valence-corrected chi connectivity index (χ2v) is 5.75. The van der Waals surface area contributed by atoms with Crippen LogP contribution in [0.15, 0.2) is 47.4 Å². The van der Waals surface area contributed by atoms with Gasteiger partial charge in [0.1, 0.15) is 5.82 Å². The lowest BCUT2D eigenvalue weighted by atomic mass is 9.90. The molecule has 1 atom stereocenters. The van der Waals surface area contributed by atoms with Crippen molar-refractivity contribution in [2.24, 2.45) is 5.92 Å². The summed E-state index contributed by atoms with van der Waals surface area (Å²) in [6, 6.07) is 10.2. The van der Waals surface area contributed by atoms with Gasteiger partial charge in [-0.1, -0.05) is 12.1 Å². The number of rotatable bonds is 5. The van der Waals surface area contributed by atoms with E-state index in [0.29, 0.717) is 18.4 Å². The average Bonchev–Trinajstić information content (AvgIpc) is 3.29. The number of benzene rings is 1. The molecule has 110 valence electrons. The van der Waals surface area contributed by atoms with Crippen molar-refractivity contribution in [2.75, 3.05) is 5.73 Å². The summed E-state index contributed by atoms with van der Waals surface area (Å²) in [7, 11) is 0. The molecule has 0 aliphatic heterocycles. The molecule has 3 rings (SSSR count). The smallest absolute Gasteiger partial charge is 0.250 e. The lowest BCUT2D eigenvalue weighted by Gasteiger charge is -2.18. The van der Waals surface area contributed by atoms with E-state index in [1.807, 2.05) is 18.3 Å². The van der Waals surface area contributed by atoms with Gasteiger partial charge in [0.05, 0.1) is 5.69 Å². The highest BCUT2D eigenvalue weighted by molar-refractivity contribution is 5.43. The number of aromatic nitrogens is 1. The Balaban J connectivity index is 1.78. The quantitative estimate of drug-likeness (QED) is 0.858. The molecule has 1 fully saturated rings. The summed E-state index contributed by atoms with van der Waals surface area (Å²) in [4.78, 5) is 11.7. The number of hydrogen-bond donors (Lipinski definition) is 1. The molecule has 2 N–H and O–H groups in total. The summed E-state index contributed by atoms with van der Waals surface area (Å²) in [5.74, 6) is 0.613. The predicted molar refractivity (Wildman–Crippen MR) is 81.6 cm³/mol. The molecule has 0 radical (unpaired) electrons. The van der Waals surface area contributed by atoms with E-state index >= 15 is 0 Å². The summed E-state index contributed by atoms with van der Waals surface area (Å²) < 4.78 is 15.0. The molecule has 21 heavy (non-hydrogen) atoms. The first kappa shape index (κ1) is 13.9. The molecule has 1 aromatic carbocycles. The zero-order chi connectivity index (χ0) is 14.8. The molecule has 3 nitrogen and oxygen atoms in total. The van der Waals surface area contributed by atoms with Crippen LogP contribution in [0.4, 0.5) is 10.1 Å². The summed E-state index contributed by atoms with van der Waals surface area (Å²) in [5.41, 5.74) is 6.99. The number of pyridine rings is 1. The lowest BCUT2D eigenvalue weighted by Crippen LogP contribution is -2.19. The molecule has 2 aromatic rings. The van der Waals surface area contributed by atoms with Crippen LogP contribution in [0.5, 0.6) is 0 Å². The summed E-state index contributed by atoms with van der Waals surface area (Å²) in [6.45, 7) is 0.679. The van der Waals surface area contributed by atoms with E-state index in [0.717, 1.165) is 12.0 Å². The molecule has 1 unspecified atom stereocenters. The fourth-order valence-electron chi connectivity index (χ4n) is 2.89. The Kier molecular flexibility index (Phi) is 3.78. The largest absolute Gasteiger partial charge is 0.396 e. The molecule has 0 amide bonds. The zero-order valence-electron chi connectivity index (χ0n) is 11.8. The predicted octanol–water partition coefficient (Wildman–Crippen LogP) is 3.15. The first-order valence-electron chi connectivity index (χ1n) is 7.35. The Morgan fingerprint density at radius 1 is 1.29 bits per heavy atom. The number of anilines is 1. The number of nitrogens with zero attached hydrogens (tertiary/aromatic N) is 1. The molecule has 0 bridgehead atoms. The second kappa shape index (κ2) is 5.72. The van der Waals surface area contributed by atoms with Gasteiger partial charge in [-0.15, -0.1) is 0 Å². The van der Waals surface area contributed by atoms with E-state index in [-0.39, 0.29) is 17.1 Å². The highest BCUT2D eigenvalue weighted by Crippen LogP contribution is 2.45. The number of hydrogen-bond acceptors (Lipinski definition) is 2. The van der Waals surface area contributed by atoms with Crippen LogP contribution in [0.3, 0.4) is 0 Å². The van der Waals surface area contributed by atoms with Crippen molar-refractivity contribution in [3.8, 4) is 0 Å². The maximum atomic E-state index is 13.3. The Morgan fingerprint density at radius 2 is 2.10 bits per heavy atom. The van der Waals surface area contributed by atoms with Gasteiger partial charge in [0.15, 0.2) is 0 Å². The number of halogens is 1. The third kappa shape index (κ3) is 3.15. The minimum atomic E-state index is -0.368. The SMILES string of the molecule is Nc1cc(C(CCn2ccccc2=O)C2CC2)ccc1F. The number of aryl methyl sites for hydroxylation is 1. The highest BCUT2D eigenvalue weighted by atomic mass is 19.1. The van der Waals surface area contributed by atoms with E-state index < -0.39 is 0 Å². The van der Waals surface area contributed by atoms with Crippen LogP contribution >= 0.6 is 0 Å². The van der Waals surface area contributed by atoms with Gasteiger partial charge in [0, 0.05) is 18.8 Å². The molecule has 1 saturated carbocycles. The molecular formula is C17H19FN2O. The van der Waals surface area contributed by atoms with Crippen molar-refractivity contribution in [3.05, 3.63) is 64.3 Å². The molecule has 0 spiro atoms. The monoisotopic (exact) mass is 286 g/mol. The van der Waals surface area contributed by atoms with Crippen LogP contribution in [-0.2, 0) is 6.54 Å². The van der Waals surface area contributed by atoms with Crippen LogP contribution in [0, 0.1) is 11.7 Å². The first-order chi connectivity index (χ1) is 10.1. The first-order valence-corrected chi connectivity index (χ1v) is 7.35. The van der Waals surface area contributed by atoms with Crippen LogP contribution < -0.4 is 11.3 Å². The fraction of sp³-hybridized carbons (Fsp3) is 0.353. The van der Waals surface area contributed by atoms with Gasteiger partial charge in [0.25, 0.3) is 0 Å². The number of nitrogens with two attached hydrogens (primary N) is 1. The Hall–Kier alpha value is -2.10. The normalized spacial score (nSPS) is 15.9. The van der Waals surface area contributed by atoms with Gasteiger partial charge < -0.3 is 10.3 Å². The van der Waals surface area contributed by atoms with Gasteiger partial charge in [-0.05, 0) is 54.9 Å².